The molecule has 104 valence electrons. The fourth-order valence-corrected chi connectivity index (χ4v) is 13.7. The fourth-order valence-electron chi connectivity index (χ4n) is 4.58. The highest BCUT2D eigenvalue weighted by molar-refractivity contribution is 6.80. The minimum absolute atomic E-state index is 0.899. The highest BCUT2D eigenvalue weighted by Gasteiger charge is 2.31. The maximum atomic E-state index is 2.43. The zero-order valence-electron chi connectivity index (χ0n) is 13.7. The average molecular weight is 255 g/mol. The van der Waals surface area contributed by atoms with Gasteiger partial charge < -0.3 is 0 Å². The molecule has 0 saturated heterocycles. The summed E-state index contributed by atoms with van der Waals surface area (Å²) in [5.74, 6) is 3.60. The van der Waals surface area contributed by atoms with Gasteiger partial charge in [0.15, 0.2) is 0 Å². The van der Waals surface area contributed by atoms with Crippen LogP contribution in [0.5, 0.6) is 0 Å². The van der Waals surface area contributed by atoms with E-state index in [-0.39, 0.29) is 0 Å². The van der Waals surface area contributed by atoms with Crippen molar-refractivity contribution in [1.29, 1.82) is 0 Å². The summed E-state index contributed by atoms with van der Waals surface area (Å²) in [6.07, 6.45) is 0. The predicted octanol–water partition coefficient (Wildman–Crippen LogP) is 6.06. The van der Waals surface area contributed by atoms with Crippen LogP contribution in [-0.2, 0) is 0 Å². The molecule has 0 amide bonds. The van der Waals surface area contributed by atoms with Gasteiger partial charge >= 0.3 is 0 Å². The van der Waals surface area contributed by atoms with Crippen LogP contribution in [0.25, 0.3) is 0 Å². The molecule has 0 rings (SSSR count). The highest BCUT2D eigenvalue weighted by atomic mass is 27.2. The second-order valence-corrected chi connectivity index (χ2v) is 13.6. The molecular formula is C16H36Al-. The summed E-state index contributed by atoms with van der Waals surface area (Å²) < 4.78 is 0. The first kappa shape index (κ1) is 17.5. The van der Waals surface area contributed by atoms with Crippen molar-refractivity contribution in [2.24, 2.45) is 23.7 Å². The lowest BCUT2D eigenvalue weighted by molar-refractivity contribution is 0.612. The Morgan fingerprint density at radius 3 is 0.765 bits per heavy atom. The van der Waals surface area contributed by atoms with E-state index in [0.29, 0.717) is 0 Å². The largest absolute Gasteiger partial charge is 0.189 e. The Bertz CT molecular complexity index is 146. The monoisotopic (exact) mass is 255 g/mol. The Morgan fingerprint density at radius 2 is 0.647 bits per heavy atom. The number of hydrogen-bond donors (Lipinski definition) is 0. The van der Waals surface area contributed by atoms with E-state index in [1.165, 1.54) is 0 Å². The van der Waals surface area contributed by atoms with Crippen molar-refractivity contribution < 1.29 is 0 Å². The standard InChI is InChI=1S/4C4H9.Al/c4*1-4(2)3;/h4*4H,1H2,2-3H3;/q;;;;-1. The van der Waals surface area contributed by atoms with Gasteiger partial charge in [-0.1, -0.05) is 79.1 Å². The number of rotatable bonds is 8. The minimum atomic E-state index is -1.38. The van der Waals surface area contributed by atoms with E-state index in [9.17, 15) is 0 Å². The van der Waals surface area contributed by atoms with Gasteiger partial charge in [0, 0.05) is 0 Å². The molecule has 0 aromatic carbocycles. The maximum Gasteiger partial charge on any atom is 0.135 e. The summed E-state index contributed by atoms with van der Waals surface area (Å²) in [4.78, 5) is 0. The summed E-state index contributed by atoms with van der Waals surface area (Å²) >= 11 is -1.38. The van der Waals surface area contributed by atoms with Crippen LogP contribution in [0.15, 0.2) is 0 Å². The second kappa shape index (κ2) is 7.86. The molecule has 0 aliphatic rings. The van der Waals surface area contributed by atoms with Crippen molar-refractivity contribution >= 4 is 13.1 Å². The van der Waals surface area contributed by atoms with Gasteiger partial charge in [-0.25, -0.2) is 0 Å². The average Bonchev–Trinajstić information content (AvgIpc) is 1.95. The van der Waals surface area contributed by atoms with Gasteiger partial charge in [-0.15, -0.1) is 0 Å². The van der Waals surface area contributed by atoms with Crippen LogP contribution in [0.3, 0.4) is 0 Å². The van der Waals surface area contributed by atoms with Crippen LogP contribution in [0.4, 0.5) is 0 Å². The molecule has 0 radical (unpaired) electrons. The van der Waals surface area contributed by atoms with Crippen molar-refractivity contribution in [3.05, 3.63) is 0 Å². The van der Waals surface area contributed by atoms with Gasteiger partial charge in [0.1, 0.15) is 13.1 Å². The predicted molar refractivity (Wildman–Crippen MR) is 84.3 cm³/mol. The molecular weight excluding hydrogens is 219 g/mol. The highest BCUT2D eigenvalue weighted by Crippen LogP contribution is 2.37. The van der Waals surface area contributed by atoms with E-state index in [0.717, 1.165) is 23.7 Å². The van der Waals surface area contributed by atoms with E-state index in [4.69, 9.17) is 0 Å². The lowest BCUT2D eigenvalue weighted by Gasteiger charge is -2.42. The lowest BCUT2D eigenvalue weighted by Crippen LogP contribution is -2.39. The van der Waals surface area contributed by atoms with Crippen LogP contribution in [0.2, 0.25) is 21.1 Å². The zero-order chi connectivity index (χ0) is 13.6. The van der Waals surface area contributed by atoms with Crippen LogP contribution >= 0.6 is 0 Å². The molecule has 0 atom stereocenters. The second-order valence-electron chi connectivity index (χ2n) is 8.25. The molecule has 0 nitrogen and oxygen atoms in total. The van der Waals surface area contributed by atoms with Crippen LogP contribution in [-0.4, -0.2) is 13.1 Å². The van der Waals surface area contributed by atoms with Crippen LogP contribution in [0.1, 0.15) is 55.4 Å². The third kappa shape index (κ3) is 8.28. The Morgan fingerprint density at radius 1 is 0.471 bits per heavy atom. The van der Waals surface area contributed by atoms with Gasteiger partial charge in [0.25, 0.3) is 0 Å². The van der Waals surface area contributed by atoms with E-state index < -0.39 is 13.1 Å². The Hall–Kier alpha value is 0.532. The van der Waals surface area contributed by atoms with Crippen LogP contribution < -0.4 is 0 Å². The lowest BCUT2D eigenvalue weighted by atomic mass is 10.2. The molecule has 0 spiro atoms. The summed E-state index contributed by atoms with van der Waals surface area (Å²) in [6, 6.07) is 0. The molecule has 0 heterocycles. The molecule has 0 aliphatic carbocycles. The summed E-state index contributed by atoms with van der Waals surface area (Å²) in [6.45, 7) is 19.4. The molecule has 0 bridgehead atoms. The van der Waals surface area contributed by atoms with E-state index in [2.05, 4.69) is 55.4 Å². The third-order valence-electron chi connectivity index (χ3n) is 3.89. The van der Waals surface area contributed by atoms with Gasteiger partial charge in [-0.3, -0.25) is 0 Å². The van der Waals surface area contributed by atoms with Crippen molar-refractivity contribution in [3.63, 3.8) is 0 Å². The summed E-state index contributed by atoms with van der Waals surface area (Å²) in [5, 5.41) is 6.28. The first-order chi connectivity index (χ1) is 7.67. The smallest absolute Gasteiger partial charge is 0.135 e. The molecule has 0 aromatic heterocycles. The summed E-state index contributed by atoms with van der Waals surface area (Å²) in [7, 11) is 0. The Balaban J connectivity index is 4.89. The molecule has 0 saturated carbocycles. The van der Waals surface area contributed by atoms with Gasteiger partial charge in [-0.2, -0.15) is 21.1 Å². The van der Waals surface area contributed by atoms with E-state index >= 15 is 0 Å². The number of hydrogen-bond acceptors (Lipinski definition) is 0. The molecule has 0 unspecified atom stereocenters. The van der Waals surface area contributed by atoms with Crippen molar-refractivity contribution in [1.82, 2.24) is 0 Å². The Labute approximate surface area is 113 Å². The van der Waals surface area contributed by atoms with Gasteiger partial charge in [0.2, 0.25) is 0 Å². The summed E-state index contributed by atoms with van der Waals surface area (Å²) in [5.41, 5.74) is 0. The third-order valence-corrected chi connectivity index (χ3v) is 11.7. The van der Waals surface area contributed by atoms with Crippen LogP contribution in [0, 0.1) is 23.7 Å². The first-order valence-electron chi connectivity index (χ1n) is 7.88. The van der Waals surface area contributed by atoms with Gasteiger partial charge in [0.05, 0.1) is 0 Å². The molecule has 1 heteroatoms. The first-order valence-corrected chi connectivity index (χ1v) is 11.2. The van der Waals surface area contributed by atoms with Crippen molar-refractivity contribution in [2.45, 2.75) is 76.5 Å². The molecule has 0 fully saturated rings. The zero-order valence-corrected chi connectivity index (χ0v) is 14.9. The Kier molecular flexibility index (Phi) is 8.10. The van der Waals surface area contributed by atoms with Gasteiger partial charge in [-0.05, 0) is 0 Å². The minimum Gasteiger partial charge on any atom is -0.189 e. The fraction of sp³-hybridized carbons (Fsp3) is 1.00. The molecule has 0 N–H and O–H groups in total. The molecule has 0 aliphatic heterocycles. The normalized spacial score (nSPS) is 13.4. The van der Waals surface area contributed by atoms with Crippen molar-refractivity contribution in [3.8, 4) is 0 Å². The van der Waals surface area contributed by atoms with Crippen molar-refractivity contribution in [2.75, 3.05) is 0 Å². The quantitative estimate of drug-likeness (QED) is 0.462. The topological polar surface area (TPSA) is 0 Å². The maximum absolute atomic E-state index is 2.43. The van der Waals surface area contributed by atoms with E-state index in [1.54, 1.807) is 21.1 Å². The molecule has 0 aromatic rings. The molecule has 17 heavy (non-hydrogen) atoms. The van der Waals surface area contributed by atoms with E-state index in [1.807, 2.05) is 0 Å². The SMILES string of the molecule is CC(C)[CH2][Al-]([CH2]C(C)C)([CH2]C(C)C)[CH2]C(C)C.